The number of amides is 1. The second-order valence-corrected chi connectivity index (χ2v) is 7.41. The molecule has 1 amide bonds. The third-order valence-electron chi connectivity index (χ3n) is 5.64. The Morgan fingerprint density at radius 1 is 0.966 bits per heavy atom. The predicted octanol–water partition coefficient (Wildman–Crippen LogP) is 3.99. The minimum Gasteiger partial charge on any atom is -0.489 e. The second kappa shape index (κ2) is 7.54. The van der Waals surface area contributed by atoms with Gasteiger partial charge in [0.1, 0.15) is 17.9 Å². The summed E-state index contributed by atoms with van der Waals surface area (Å²) in [6, 6.07) is 17.3. The molecular weight excluding hydrogens is 370 g/mol. The lowest BCUT2D eigenvalue weighted by atomic mass is 10.0. The van der Waals surface area contributed by atoms with Crippen molar-refractivity contribution in [3.8, 4) is 5.75 Å². The molecular formula is C23H23NO5. The SMILES string of the molecule is O=C(c1oc2ccccc2c1COc1ccccc1)N1CCC2(CC1)OCCO2. The Balaban J connectivity index is 1.39. The summed E-state index contributed by atoms with van der Waals surface area (Å²) in [7, 11) is 0. The number of likely N-dealkylation sites (tertiary alicyclic amines) is 1. The van der Waals surface area contributed by atoms with Crippen molar-refractivity contribution >= 4 is 16.9 Å². The van der Waals surface area contributed by atoms with Crippen LogP contribution in [0.3, 0.4) is 0 Å². The van der Waals surface area contributed by atoms with E-state index in [-0.39, 0.29) is 12.5 Å². The minimum atomic E-state index is -0.510. The van der Waals surface area contributed by atoms with Gasteiger partial charge >= 0.3 is 0 Å². The van der Waals surface area contributed by atoms with Gasteiger partial charge in [-0.25, -0.2) is 0 Å². The Labute approximate surface area is 168 Å². The molecule has 0 saturated carbocycles. The third-order valence-corrected chi connectivity index (χ3v) is 5.64. The van der Waals surface area contributed by atoms with Crippen molar-refractivity contribution in [1.29, 1.82) is 0 Å². The fourth-order valence-corrected chi connectivity index (χ4v) is 4.07. The Hall–Kier alpha value is -2.83. The molecule has 2 saturated heterocycles. The summed E-state index contributed by atoms with van der Waals surface area (Å²) < 4.78 is 23.5. The Kier molecular flexibility index (Phi) is 4.73. The zero-order valence-electron chi connectivity index (χ0n) is 16.1. The van der Waals surface area contributed by atoms with Gasteiger partial charge in [0.25, 0.3) is 5.91 Å². The van der Waals surface area contributed by atoms with Crippen LogP contribution in [0.5, 0.6) is 5.75 Å². The zero-order valence-corrected chi connectivity index (χ0v) is 16.1. The van der Waals surface area contributed by atoms with Crippen molar-refractivity contribution in [3.63, 3.8) is 0 Å². The largest absolute Gasteiger partial charge is 0.489 e. The van der Waals surface area contributed by atoms with E-state index in [2.05, 4.69) is 0 Å². The lowest BCUT2D eigenvalue weighted by Crippen LogP contribution is -2.47. The Bertz CT molecular complexity index is 997. The van der Waals surface area contributed by atoms with Crippen LogP contribution in [-0.4, -0.2) is 42.9 Å². The van der Waals surface area contributed by atoms with Crippen molar-refractivity contribution < 1.29 is 23.4 Å². The van der Waals surface area contributed by atoms with Gasteiger partial charge < -0.3 is 23.5 Å². The number of rotatable bonds is 4. The molecule has 2 aromatic carbocycles. The molecule has 6 nitrogen and oxygen atoms in total. The lowest BCUT2D eigenvalue weighted by Gasteiger charge is -2.37. The molecule has 0 unspecified atom stereocenters. The lowest BCUT2D eigenvalue weighted by molar-refractivity contribution is -0.181. The minimum absolute atomic E-state index is 0.110. The average Bonchev–Trinajstić information content (AvgIpc) is 3.38. The van der Waals surface area contributed by atoms with Gasteiger partial charge in [-0.15, -0.1) is 0 Å². The third kappa shape index (κ3) is 3.50. The van der Waals surface area contributed by atoms with E-state index in [4.69, 9.17) is 18.6 Å². The van der Waals surface area contributed by atoms with E-state index in [0.29, 0.717) is 50.5 Å². The monoisotopic (exact) mass is 393 g/mol. The van der Waals surface area contributed by atoms with E-state index >= 15 is 0 Å². The normalized spacial score (nSPS) is 18.4. The molecule has 2 aliphatic rings. The summed E-state index contributed by atoms with van der Waals surface area (Å²) in [5.41, 5.74) is 1.47. The first kappa shape index (κ1) is 18.2. The number of ether oxygens (including phenoxy) is 3. The average molecular weight is 393 g/mol. The highest BCUT2D eigenvalue weighted by Gasteiger charge is 2.41. The summed E-state index contributed by atoms with van der Waals surface area (Å²) >= 11 is 0. The van der Waals surface area contributed by atoms with Crippen LogP contribution < -0.4 is 4.74 Å². The molecule has 0 radical (unpaired) electrons. The van der Waals surface area contributed by atoms with Crippen LogP contribution in [0, 0.1) is 0 Å². The van der Waals surface area contributed by atoms with E-state index in [1.807, 2.05) is 59.5 Å². The summed E-state index contributed by atoms with van der Waals surface area (Å²) in [6.45, 7) is 2.67. The number of furan rings is 1. The fourth-order valence-electron chi connectivity index (χ4n) is 4.07. The Morgan fingerprint density at radius 2 is 1.66 bits per heavy atom. The van der Waals surface area contributed by atoms with Gasteiger partial charge in [-0.3, -0.25) is 4.79 Å². The highest BCUT2D eigenvalue weighted by atomic mass is 16.7. The molecule has 0 bridgehead atoms. The number of nitrogens with zero attached hydrogens (tertiary/aromatic N) is 1. The number of piperidine rings is 1. The van der Waals surface area contributed by atoms with Crippen molar-refractivity contribution in [2.75, 3.05) is 26.3 Å². The summed E-state index contributed by atoms with van der Waals surface area (Å²) in [4.78, 5) is 15.1. The van der Waals surface area contributed by atoms with Crippen LogP contribution in [0.1, 0.15) is 29.0 Å². The maximum atomic E-state index is 13.3. The predicted molar refractivity (Wildman–Crippen MR) is 107 cm³/mol. The molecule has 6 heteroatoms. The molecule has 0 atom stereocenters. The highest BCUT2D eigenvalue weighted by Crippen LogP contribution is 2.33. The van der Waals surface area contributed by atoms with Crippen LogP contribution in [-0.2, 0) is 16.1 Å². The number of hydrogen-bond donors (Lipinski definition) is 0. The van der Waals surface area contributed by atoms with Crippen LogP contribution in [0.4, 0.5) is 0 Å². The number of para-hydroxylation sites is 2. The molecule has 3 heterocycles. The fraction of sp³-hybridized carbons (Fsp3) is 0.348. The number of fused-ring (bicyclic) bond motifs is 1. The van der Waals surface area contributed by atoms with Crippen molar-refractivity contribution in [1.82, 2.24) is 4.90 Å². The summed E-state index contributed by atoms with van der Waals surface area (Å²) in [6.07, 6.45) is 1.35. The quantitative estimate of drug-likeness (QED) is 0.671. The van der Waals surface area contributed by atoms with E-state index < -0.39 is 5.79 Å². The van der Waals surface area contributed by atoms with Gasteiger partial charge in [-0.2, -0.15) is 0 Å². The van der Waals surface area contributed by atoms with Gasteiger partial charge in [-0.1, -0.05) is 36.4 Å². The van der Waals surface area contributed by atoms with E-state index in [1.54, 1.807) is 0 Å². The van der Waals surface area contributed by atoms with E-state index in [9.17, 15) is 4.79 Å². The maximum Gasteiger partial charge on any atom is 0.290 e. The number of carbonyl (C=O) groups is 1. The number of carbonyl (C=O) groups excluding carboxylic acids is 1. The van der Waals surface area contributed by atoms with Crippen molar-refractivity contribution in [2.24, 2.45) is 0 Å². The molecule has 29 heavy (non-hydrogen) atoms. The molecule has 2 fully saturated rings. The smallest absolute Gasteiger partial charge is 0.290 e. The molecule has 150 valence electrons. The molecule has 0 N–H and O–H groups in total. The van der Waals surface area contributed by atoms with Gasteiger partial charge in [0, 0.05) is 36.9 Å². The van der Waals surface area contributed by atoms with Crippen LogP contribution in [0.25, 0.3) is 11.0 Å². The summed E-state index contributed by atoms with van der Waals surface area (Å²) in [5.74, 6) is 0.489. The first-order valence-corrected chi connectivity index (χ1v) is 10.00. The first-order chi connectivity index (χ1) is 14.2. The van der Waals surface area contributed by atoms with Crippen LogP contribution in [0.15, 0.2) is 59.0 Å². The van der Waals surface area contributed by atoms with Gasteiger partial charge in [0.15, 0.2) is 11.5 Å². The molecule has 0 aliphatic carbocycles. The van der Waals surface area contributed by atoms with Gasteiger partial charge in [0.05, 0.1) is 13.2 Å². The Morgan fingerprint density at radius 3 is 2.41 bits per heavy atom. The zero-order chi connectivity index (χ0) is 19.7. The van der Waals surface area contributed by atoms with Crippen LogP contribution in [0.2, 0.25) is 0 Å². The van der Waals surface area contributed by atoms with Gasteiger partial charge in [-0.05, 0) is 18.2 Å². The number of benzene rings is 2. The molecule has 5 rings (SSSR count). The van der Waals surface area contributed by atoms with Crippen molar-refractivity contribution in [3.05, 3.63) is 65.9 Å². The maximum absolute atomic E-state index is 13.3. The van der Waals surface area contributed by atoms with Gasteiger partial charge in [0.2, 0.25) is 0 Å². The standard InChI is InChI=1S/C23H23NO5/c25-22(24-12-10-23(11-13-24)27-14-15-28-23)21-19(16-26-17-6-2-1-3-7-17)18-8-4-5-9-20(18)29-21/h1-9H,10-16H2. The first-order valence-electron chi connectivity index (χ1n) is 10.00. The number of hydrogen-bond acceptors (Lipinski definition) is 5. The molecule has 1 aromatic heterocycles. The van der Waals surface area contributed by atoms with Crippen molar-refractivity contribution in [2.45, 2.75) is 25.2 Å². The van der Waals surface area contributed by atoms with Crippen LogP contribution >= 0.6 is 0 Å². The summed E-state index contributed by atoms with van der Waals surface area (Å²) in [5, 5.41) is 0.905. The van der Waals surface area contributed by atoms with E-state index in [1.165, 1.54) is 0 Å². The second-order valence-electron chi connectivity index (χ2n) is 7.41. The highest BCUT2D eigenvalue weighted by molar-refractivity contribution is 5.99. The topological polar surface area (TPSA) is 61.1 Å². The van der Waals surface area contributed by atoms with E-state index in [0.717, 1.165) is 16.7 Å². The molecule has 2 aliphatic heterocycles. The molecule has 1 spiro atoms. The molecule has 3 aromatic rings.